The highest BCUT2D eigenvalue weighted by Crippen LogP contribution is 2.29. The van der Waals surface area contributed by atoms with E-state index in [0.717, 1.165) is 22.0 Å². The first kappa shape index (κ1) is 18.2. The van der Waals surface area contributed by atoms with Gasteiger partial charge in [-0.2, -0.15) is 0 Å². The molecule has 2 aromatic heterocycles. The molecule has 0 aliphatic rings. The minimum atomic E-state index is -0.305. The molecule has 2 aromatic carbocycles. The summed E-state index contributed by atoms with van der Waals surface area (Å²) in [5, 5.41) is 12.3. The summed E-state index contributed by atoms with van der Waals surface area (Å²) in [4.78, 5) is 15.3. The van der Waals surface area contributed by atoms with Crippen LogP contribution >= 0.6 is 11.8 Å². The Labute approximate surface area is 164 Å². The van der Waals surface area contributed by atoms with Crippen molar-refractivity contribution in [3.05, 3.63) is 66.1 Å². The number of rotatable bonds is 6. The number of aromatic amines is 1. The van der Waals surface area contributed by atoms with Crippen LogP contribution in [0.2, 0.25) is 0 Å². The summed E-state index contributed by atoms with van der Waals surface area (Å²) in [5.41, 5.74) is 2.64. The van der Waals surface area contributed by atoms with E-state index in [1.807, 2.05) is 37.4 Å². The monoisotopic (exact) mass is 396 g/mol. The van der Waals surface area contributed by atoms with E-state index >= 15 is 0 Å². The largest absolute Gasteiger partial charge is 0.411 e. The van der Waals surface area contributed by atoms with Crippen LogP contribution in [0.25, 0.3) is 22.4 Å². The van der Waals surface area contributed by atoms with Gasteiger partial charge >= 0.3 is 0 Å². The van der Waals surface area contributed by atoms with Crippen LogP contribution in [0.5, 0.6) is 0 Å². The van der Waals surface area contributed by atoms with Crippen LogP contribution in [0.4, 0.5) is 4.39 Å². The maximum atomic E-state index is 13.0. The molecule has 0 fully saturated rings. The summed E-state index contributed by atoms with van der Waals surface area (Å²) in [6.45, 7) is 1.84. The third-order valence-electron chi connectivity index (χ3n) is 4.30. The van der Waals surface area contributed by atoms with Crippen molar-refractivity contribution in [1.82, 2.24) is 20.5 Å². The van der Waals surface area contributed by atoms with Gasteiger partial charge in [-0.15, -0.1) is 10.2 Å². The average Bonchev–Trinajstić information content (AvgIpc) is 3.33. The van der Waals surface area contributed by atoms with E-state index in [4.69, 9.17) is 4.42 Å². The van der Waals surface area contributed by atoms with Crippen LogP contribution in [-0.4, -0.2) is 26.8 Å². The minimum absolute atomic E-state index is 0.140. The number of nitrogens with one attached hydrogen (secondary N) is 2. The number of para-hydroxylation sites is 1. The number of hydrogen-bond acceptors (Lipinski definition) is 5. The fourth-order valence-corrected chi connectivity index (χ4v) is 3.44. The SMILES string of the molecule is CC(NC(=O)CSc1nnc(-c2c[nH]c3ccccc23)o1)c1ccc(F)cc1. The fourth-order valence-electron chi connectivity index (χ4n) is 2.87. The lowest BCUT2D eigenvalue weighted by Crippen LogP contribution is -2.28. The highest BCUT2D eigenvalue weighted by molar-refractivity contribution is 7.99. The number of aromatic nitrogens is 3. The van der Waals surface area contributed by atoms with Gasteiger partial charge in [0.2, 0.25) is 5.91 Å². The predicted octanol–water partition coefficient (Wildman–Crippen LogP) is 4.33. The van der Waals surface area contributed by atoms with E-state index in [-0.39, 0.29) is 23.5 Å². The average molecular weight is 396 g/mol. The molecule has 0 saturated carbocycles. The first-order valence-electron chi connectivity index (χ1n) is 8.68. The Kier molecular flexibility index (Phi) is 5.12. The molecule has 6 nitrogen and oxygen atoms in total. The Hall–Kier alpha value is -3.13. The summed E-state index contributed by atoms with van der Waals surface area (Å²) in [6, 6.07) is 13.7. The van der Waals surface area contributed by atoms with E-state index in [1.165, 1.54) is 23.9 Å². The van der Waals surface area contributed by atoms with E-state index in [9.17, 15) is 9.18 Å². The van der Waals surface area contributed by atoms with Crippen LogP contribution in [0.15, 0.2) is 64.4 Å². The number of amides is 1. The molecule has 0 bridgehead atoms. The van der Waals surface area contributed by atoms with Crippen LogP contribution in [0.1, 0.15) is 18.5 Å². The molecular formula is C20H17FN4O2S. The lowest BCUT2D eigenvalue weighted by Gasteiger charge is -2.13. The smallest absolute Gasteiger partial charge is 0.277 e. The van der Waals surface area contributed by atoms with Crippen molar-refractivity contribution in [2.75, 3.05) is 5.75 Å². The quantitative estimate of drug-likeness (QED) is 0.474. The van der Waals surface area contributed by atoms with Crippen molar-refractivity contribution in [1.29, 1.82) is 0 Å². The van der Waals surface area contributed by atoms with E-state index < -0.39 is 0 Å². The van der Waals surface area contributed by atoms with Gasteiger partial charge in [-0.25, -0.2) is 4.39 Å². The zero-order valence-electron chi connectivity index (χ0n) is 15.0. The number of benzene rings is 2. The van der Waals surface area contributed by atoms with Gasteiger partial charge in [0.15, 0.2) is 0 Å². The Morgan fingerprint density at radius 3 is 2.82 bits per heavy atom. The Bertz CT molecular complexity index is 1110. The van der Waals surface area contributed by atoms with Crippen molar-refractivity contribution in [3.8, 4) is 11.5 Å². The molecule has 0 aliphatic heterocycles. The Morgan fingerprint density at radius 2 is 2.00 bits per heavy atom. The number of nitrogens with zero attached hydrogens (tertiary/aromatic N) is 2. The number of H-pyrrole nitrogens is 1. The molecule has 2 heterocycles. The molecule has 0 aliphatic carbocycles. The molecule has 0 spiro atoms. The molecule has 1 atom stereocenters. The second kappa shape index (κ2) is 7.85. The molecule has 4 aromatic rings. The second-order valence-electron chi connectivity index (χ2n) is 6.25. The second-order valence-corrected chi connectivity index (χ2v) is 7.18. The van der Waals surface area contributed by atoms with Gasteiger partial charge in [-0.05, 0) is 30.7 Å². The molecule has 8 heteroatoms. The van der Waals surface area contributed by atoms with Crippen LogP contribution < -0.4 is 5.32 Å². The van der Waals surface area contributed by atoms with Crippen LogP contribution in [-0.2, 0) is 4.79 Å². The molecular weight excluding hydrogens is 379 g/mol. The molecule has 2 N–H and O–H groups in total. The third-order valence-corrected chi connectivity index (χ3v) is 5.12. The maximum absolute atomic E-state index is 13.0. The number of halogens is 1. The Morgan fingerprint density at radius 1 is 1.21 bits per heavy atom. The summed E-state index contributed by atoms with van der Waals surface area (Å²) in [6.07, 6.45) is 1.82. The van der Waals surface area contributed by atoms with Crippen molar-refractivity contribution >= 4 is 28.6 Å². The van der Waals surface area contributed by atoms with Gasteiger partial charge in [-0.1, -0.05) is 42.1 Å². The minimum Gasteiger partial charge on any atom is -0.411 e. The third kappa shape index (κ3) is 3.91. The number of fused-ring (bicyclic) bond motifs is 1. The van der Waals surface area contributed by atoms with Gasteiger partial charge in [0.1, 0.15) is 5.82 Å². The topological polar surface area (TPSA) is 83.8 Å². The van der Waals surface area contributed by atoms with Gasteiger partial charge in [0.25, 0.3) is 11.1 Å². The van der Waals surface area contributed by atoms with Crippen molar-refractivity contribution < 1.29 is 13.6 Å². The normalized spacial score (nSPS) is 12.2. The predicted molar refractivity (Wildman–Crippen MR) is 105 cm³/mol. The van der Waals surface area contributed by atoms with Crippen LogP contribution in [0.3, 0.4) is 0 Å². The van der Waals surface area contributed by atoms with Gasteiger partial charge in [0.05, 0.1) is 17.4 Å². The molecule has 4 rings (SSSR count). The summed E-state index contributed by atoms with van der Waals surface area (Å²) >= 11 is 1.17. The summed E-state index contributed by atoms with van der Waals surface area (Å²) in [5.74, 6) is 0.0649. The lowest BCUT2D eigenvalue weighted by molar-refractivity contribution is -0.119. The van der Waals surface area contributed by atoms with Gasteiger partial charge in [0, 0.05) is 17.1 Å². The fraction of sp³-hybridized carbons (Fsp3) is 0.150. The van der Waals surface area contributed by atoms with Gasteiger partial charge < -0.3 is 14.7 Å². The number of carbonyl (C=O) groups excluding carboxylic acids is 1. The zero-order chi connectivity index (χ0) is 19.5. The molecule has 0 saturated heterocycles. The zero-order valence-corrected chi connectivity index (χ0v) is 15.8. The summed E-state index contributed by atoms with van der Waals surface area (Å²) < 4.78 is 18.7. The number of hydrogen-bond donors (Lipinski definition) is 2. The molecule has 28 heavy (non-hydrogen) atoms. The van der Waals surface area contributed by atoms with Crippen molar-refractivity contribution in [3.63, 3.8) is 0 Å². The maximum Gasteiger partial charge on any atom is 0.277 e. The van der Waals surface area contributed by atoms with E-state index in [2.05, 4.69) is 20.5 Å². The lowest BCUT2D eigenvalue weighted by atomic mass is 10.1. The molecule has 142 valence electrons. The van der Waals surface area contributed by atoms with Crippen molar-refractivity contribution in [2.24, 2.45) is 0 Å². The van der Waals surface area contributed by atoms with E-state index in [1.54, 1.807) is 12.1 Å². The van der Waals surface area contributed by atoms with E-state index in [0.29, 0.717) is 11.1 Å². The molecule has 0 radical (unpaired) electrons. The standard InChI is InChI=1S/C20H17FN4O2S/c1-12(13-6-8-14(21)9-7-13)23-18(26)11-28-20-25-24-19(27-20)16-10-22-17-5-3-2-4-15(16)17/h2-10,12,22H,11H2,1H3,(H,23,26). The highest BCUT2D eigenvalue weighted by Gasteiger charge is 2.15. The molecule has 1 amide bonds. The van der Waals surface area contributed by atoms with Crippen LogP contribution in [0, 0.1) is 5.82 Å². The van der Waals surface area contributed by atoms with Gasteiger partial charge in [-0.3, -0.25) is 4.79 Å². The number of thioether (sulfide) groups is 1. The number of carbonyl (C=O) groups is 1. The first-order chi connectivity index (χ1) is 13.6. The molecule has 1 unspecified atom stereocenters. The highest BCUT2D eigenvalue weighted by atomic mass is 32.2. The Balaban J connectivity index is 1.36. The first-order valence-corrected chi connectivity index (χ1v) is 9.66. The van der Waals surface area contributed by atoms with Crippen molar-refractivity contribution in [2.45, 2.75) is 18.2 Å². The summed E-state index contributed by atoms with van der Waals surface area (Å²) in [7, 11) is 0.